The maximum Gasteiger partial charge on any atom is 0.237 e. The van der Waals surface area contributed by atoms with Crippen LogP contribution < -0.4 is 5.32 Å². The molecule has 0 saturated carbocycles. The Morgan fingerprint density at radius 2 is 2.06 bits per heavy atom. The first kappa shape index (κ1) is 14.7. The number of halogens is 1. The van der Waals surface area contributed by atoms with Gasteiger partial charge in [0.1, 0.15) is 0 Å². The van der Waals surface area contributed by atoms with E-state index >= 15 is 0 Å². The summed E-state index contributed by atoms with van der Waals surface area (Å²) in [7, 11) is 0. The molecule has 1 rings (SSSR count). The lowest BCUT2D eigenvalue weighted by Crippen LogP contribution is -2.54. The minimum Gasteiger partial charge on any atom is -0.373 e. The van der Waals surface area contributed by atoms with Crippen LogP contribution >= 0.6 is 11.6 Å². The van der Waals surface area contributed by atoms with E-state index in [0.29, 0.717) is 12.4 Å². The fraction of sp³-hybridized carbons (Fsp3) is 0.917. The molecule has 0 aliphatic carbocycles. The van der Waals surface area contributed by atoms with E-state index in [1.54, 1.807) is 0 Å². The van der Waals surface area contributed by atoms with E-state index < -0.39 is 0 Å². The van der Waals surface area contributed by atoms with Gasteiger partial charge in [0.2, 0.25) is 5.91 Å². The molecule has 0 radical (unpaired) electrons. The van der Waals surface area contributed by atoms with Crippen LogP contribution in [0.2, 0.25) is 0 Å². The summed E-state index contributed by atoms with van der Waals surface area (Å²) in [5.41, 5.74) is 0. The van der Waals surface area contributed by atoms with E-state index in [9.17, 15) is 4.79 Å². The fourth-order valence-electron chi connectivity index (χ4n) is 2.13. The second-order valence-corrected chi connectivity index (χ2v) is 5.10. The van der Waals surface area contributed by atoms with Crippen molar-refractivity contribution in [3.63, 3.8) is 0 Å². The molecule has 1 aliphatic heterocycles. The van der Waals surface area contributed by atoms with Gasteiger partial charge in [-0.1, -0.05) is 0 Å². The monoisotopic (exact) mass is 262 g/mol. The van der Waals surface area contributed by atoms with Crippen molar-refractivity contribution in [1.82, 2.24) is 10.2 Å². The molecule has 0 bridgehead atoms. The Bertz CT molecular complexity index is 241. The van der Waals surface area contributed by atoms with Gasteiger partial charge < -0.3 is 10.1 Å². The fourth-order valence-corrected chi connectivity index (χ4v) is 2.26. The van der Waals surface area contributed by atoms with Gasteiger partial charge >= 0.3 is 0 Å². The summed E-state index contributed by atoms with van der Waals surface area (Å²) in [6.07, 6.45) is 1.20. The molecule has 1 N–H and O–H groups in total. The van der Waals surface area contributed by atoms with Crippen LogP contribution in [0.25, 0.3) is 0 Å². The van der Waals surface area contributed by atoms with Gasteiger partial charge in [-0.15, -0.1) is 11.6 Å². The molecule has 100 valence electrons. The van der Waals surface area contributed by atoms with E-state index in [2.05, 4.69) is 10.2 Å². The van der Waals surface area contributed by atoms with Gasteiger partial charge in [-0.05, 0) is 27.2 Å². The van der Waals surface area contributed by atoms with Gasteiger partial charge in [0, 0.05) is 25.5 Å². The minimum absolute atomic E-state index is 0.0800. The van der Waals surface area contributed by atoms with Gasteiger partial charge in [-0.2, -0.15) is 0 Å². The molecule has 3 atom stereocenters. The quantitative estimate of drug-likeness (QED) is 0.599. The molecule has 4 nitrogen and oxygen atoms in total. The Kier molecular flexibility index (Phi) is 6.23. The second-order valence-electron chi connectivity index (χ2n) is 4.72. The predicted molar refractivity (Wildman–Crippen MR) is 69.4 cm³/mol. The number of rotatable bonds is 5. The molecular weight excluding hydrogens is 240 g/mol. The normalized spacial score (nSPS) is 27.8. The summed E-state index contributed by atoms with van der Waals surface area (Å²) in [5, 5.41) is 2.90. The maximum atomic E-state index is 11.9. The van der Waals surface area contributed by atoms with Crippen LogP contribution in [0.5, 0.6) is 0 Å². The number of nitrogens with one attached hydrogen (secondary N) is 1. The molecule has 1 fully saturated rings. The number of hydrogen-bond donors (Lipinski definition) is 1. The van der Waals surface area contributed by atoms with Crippen molar-refractivity contribution < 1.29 is 9.53 Å². The number of carbonyl (C=O) groups is 1. The zero-order valence-corrected chi connectivity index (χ0v) is 11.7. The first-order valence-corrected chi connectivity index (χ1v) is 6.81. The molecule has 5 heteroatoms. The lowest BCUT2D eigenvalue weighted by Gasteiger charge is -2.38. The Balaban J connectivity index is 2.39. The molecule has 0 unspecified atom stereocenters. The Labute approximate surface area is 109 Å². The van der Waals surface area contributed by atoms with Crippen molar-refractivity contribution in [2.24, 2.45) is 0 Å². The minimum atomic E-state index is -0.0980. The smallest absolute Gasteiger partial charge is 0.237 e. The summed E-state index contributed by atoms with van der Waals surface area (Å²) < 4.78 is 5.65. The first-order chi connectivity index (χ1) is 8.04. The van der Waals surface area contributed by atoms with Crippen molar-refractivity contribution in [2.75, 3.05) is 25.5 Å². The van der Waals surface area contributed by atoms with Crippen LogP contribution in [-0.4, -0.2) is 54.6 Å². The zero-order valence-electron chi connectivity index (χ0n) is 10.9. The highest BCUT2D eigenvalue weighted by Crippen LogP contribution is 2.13. The van der Waals surface area contributed by atoms with Crippen LogP contribution in [-0.2, 0) is 9.53 Å². The van der Waals surface area contributed by atoms with E-state index in [0.717, 1.165) is 19.5 Å². The van der Waals surface area contributed by atoms with Crippen molar-refractivity contribution in [2.45, 2.75) is 45.4 Å². The van der Waals surface area contributed by atoms with Crippen LogP contribution in [0.1, 0.15) is 27.2 Å². The Morgan fingerprint density at radius 3 is 2.59 bits per heavy atom. The zero-order chi connectivity index (χ0) is 12.8. The molecule has 1 amide bonds. The average molecular weight is 263 g/mol. The Hall–Kier alpha value is -0.320. The number of morpholine rings is 1. The largest absolute Gasteiger partial charge is 0.373 e. The third-order valence-corrected chi connectivity index (χ3v) is 3.25. The molecule has 17 heavy (non-hydrogen) atoms. The number of alkyl halides is 1. The summed E-state index contributed by atoms with van der Waals surface area (Å²) >= 11 is 5.57. The van der Waals surface area contributed by atoms with Crippen molar-refractivity contribution >= 4 is 17.5 Å². The van der Waals surface area contributed by atoms with Gasteiger partial charge in [0.05, 0.1) is 18.2 Å². The number of nitrogens with zero attached hydrogens (tertiary/aromatic N) is 1. The summed E-state index contributed by atoms with van der Waals surface area (Å²) in [6, 6.07) is -0.0980. The predicted octanol–water partition coefficient (Wildman–Crippen LogP) is 1.23. The molecule has 0 aromatic heterocycles. The number of ether oxygens (including phenoxy) is 1. The third-order valence-electron chi connectivity index (χ3n) is 2.98. The number of carbonyl (C=O) groups excluding carboxylic acids is 1. The standard InChI is InChI=1S/C12H23ClN2O2/c1-9-7-15(8-10(2)17-9)11(3)12(16)14-6-4-5-13/h9-11H,4-8H2,1-3H3,(H,14,16)/t9-,10-,11-/m1/s1. The van der Waals surface area contributed by atoms with Gasteiger partial charge in [-0.25, -0.2) is 0 Å². The SMILES string of the molecule is C[C@@H]1CN([C@H](C)C(=O)NCCCCl)C[C@@H](C)O1. The van der Waals surface area contributed by atoms with Crippen molar-refractivity contribution in [3.05, 3.63) is 0 Å². The summed E-state index contributed by atoms with van der Waals surface area (Å²) in [6.45, 7) is 8.31. The van der Waals surface area contributed by atoms with E-state index in [-0.39, 0.29) is 24.2 Å². The number of hydrogen-bond acceptors (Lipinski definition) is 3. The van der Waals surface area contributed by atoms with Crippen LogP contribution in [0.4, 0.5) is 0 Å². The molecule has 0 aromatic carbocycles. The molecule has 1 heterocycles. The van der Waals surface area contributed by atoms with Crippen LogP contribution in [0.3, 0.4) is 0 Å². The van der Waals surface area contributed by atoms with Crippen molar-refractivity contribution in [1.29, 1.82) is 0 Å². The third kappa shape index (κ3) is 4.82. The second kappa shape index (κ2) is 7.19. The maximum absolute atomic E-state index is 11.9. The number of amides is 1. The topological polar surface area (TPSA) is 41.6 Å². The van der Waals surface area contributed by atoms with E-state index in [4.69, 9.17) is 16.3 Å². The van der Waals surface area contributed by atoms with Gasteiger partial charge in [0.25, 0.3) is 0 Å². The molecule has 0 aromatic rings. The Morgan fingerprint density at radius 1 is 1.47 bits per heavy atom. The van der Waals surface area contributed by atoms with Gasteiger partial charge in [-0.3, -0.25) is 9.69 Å². The van der Waals surface area contributed by atoms with E-state index in [1.165, 1.54) is 0 Å². The average Bonchev–Trinajstić information content (AvgIpc) is 2.27. The van der Waals surface area contributed by atoms with Gasteiger partial charge in [0.15, 0.2) is 0 Å². The molecule has 1 aliphatic rings. The lowest BCUT2D eigenvalue weighted by molar-refractivity contribution is -0.131. The first-order valence-electron chi connectivity index (χ1n) is 6.27. The highest BCUT2D eigenvalue weighted by Gasteiger charge is 2.28. The van der Waals surface area contributed by atoms with Crippen LogP contribution in [0.15, 0.2) is 0 Å². The summed E-state index contributed by atoms with van der Waals surface area (Å²) in [5.74, 6) is 0.664. The highest BCUT2D eigenvalue weighted by molar-refractivity contribution is 6.17. The highest BCUT2D eigenvalue weighted by atomic mass is 35.5. The van der Waals surface area contributed by atoms with Crippen molar-refractivity contribution in [3.8, 4) is 0 Å². The van der Waals surface area contributed by atoms with E-state index in [1.807, 2.05) is 20.8 Å². The van der Waals surface area contributed by atoms with Crippen LogP contribution in [0, 0.1) is 0 Å². The molecule has 1 saturated heterocycles. The molecular formula is C12H23ClN2O2. The molecule has 0 spiro atoms. The lowest BCUT2D eigenvalue weighted by atomic mass is 10.1. The summed E-state index contributed by atoms with van der Waals surface area (Å²) in [4.78, 5) is 14.1.